The third-order valence-electron chi connectivity index (χ3n) is 5.40. The van der Waals surface area contributed by atoms with Crippen molar-refractivity contribution in [2.75, 3.05) is 7.11 Å². The van der Waals surface area contributed by atoms with Gasteiger partial charge in [0, 0.05) is 5.92 Å². The molecule has 0 spiro atoms. The fourth-order valence-corrected chi connectivity index (χ4v) is 2.95. The Morgan fingerprint density at radius 1 is 1.08 bits per heavy atom. The molecule has 0 N–H and O–H groups in total. The minimum absolute atomic E-state index is 0.262. The summed E-state index contributed by atoms with van der Waals surface area (Å²) in [7, 11) is 1.13. The lowest BCUT2D eigenvalue weighted by molar-refractivity contribution is 0.00578. The van der Waals surface area contributed by atoms with E-state index in [1.165, 1.54) is 6.42 Å². The van der Waals surface area contributed by atoms with E-state index in [1.54, 1.807) is 13.4 Å². The summed E-state index contributed by atoms with van der Waals surface area (Å²) in [4.78, 5) is 8.80. The predicted octanol–water partition coefficient (Wildman–Crippen LogP) is 3.71. The molecule has 2 heterocycles. The smallest absolute Gasteiger partial charge is 0.481 e. The molecule has 0 radical (unpaired) electrons. The molecule has 2 aliphatic rings. The summed E-state index contributed by atoms with van der Waals surface area (Å²) in [5, 5.41) is 0. The first-order valence-electron chi connectivity index (χ1n) is 9.25. The highest BCUT2D eigenvalue weighted by atomic mass is 16.7. The molecular formula is C19H33BN2O3. The predicted molar refractivity (Wildman–Crippen MR) is 101 cm³/mol. The van der Waals surface area contributed by atoms with Crippen LogP contribution >= 0.6 is 0 Å². The average Bonchev–Trinajstić information content (AvgIpc) is 3.07. The SMILES string of the molecule is CCC.COc1ncnc(C2CC2(C)C)c1B1OC(C)(C)C(C)(C)O1. The van der Waals surface area contributed by atoms with E-state index >= 15 is 0 Å². The Morgan fingerprint density at radius 3 is 1.96 bits per heavy atom. The number of rotatable bonds is 3. The van der Waals surface area contributed by atoms with Gasteiger partial charge in [-0.2, -0.15) is 0 Å². The summed E-state index contributed by atoms with van der Waals surface area (Å²) in [6.45, 7) is 16.9. The van der Waals surface area contributed by atoms with Gasteiger partial charge in [0.1, 0.15) is 6.33 Å². The number of methoxy groups -OCH3 is 1. The molecule has 0 aromatic carbocycles. The van der Waals surface area contributed by atoms with Crippen LogP contribution in [0.1, 0.15) is 79.8 Å². The lowest BCUT2D eigenvalue weighted by Crippen LogP contribution is -2.41. The zero-order chi connectivity index (χ0) is 19.0. The molecule has 0 amide bonds. The highest BCUT2D eigenvalue weighted by Gasteiger charge is 2.56. The van der Waals surface area contributed by atoms with Gasteiger partial charge in [-0.05, 0) is 39.5 Å². The van der Waals surface area contributed by atoms with Gasteiger partial charge in [0.2, 0.25) is 5.88 Å². The van der Waals surface area contributed by atoms with Crippen LogP contribution in [0, 0.1) is 5.41 Å². The zero-order valence-corrected chi connectivity index (χ0v) is 17.3. The first-order valence-corrected chi connectivity index (χ1v) is 9.25. The third kappa shape index (κ3) is 3.85. The fraction of sp³-hybridized carbons (Fsp3) is 0.789. The molecule has 1 saturated carbocycles. The van der Waals surface area contributed by atoms with Crippen molar-refractivity contribution in [3.8, 4) is 5.88 Å². The molecule has 3 rings (SSSR count). The Morgan fingerprint density at radius 2 is 1.56 bits per heavy atom. The van der Waals surface area contributed by atoms with Crippen LogP contribution < -0.4 is 10.2 Å². The third-order valence-corrected chi connectivity index (χ3v) is 5.40. The summed E-state index contributed by atoms with van der Waals surface area (Å²) in [6.07, 6.45) is 3.93. The molecule has 1 aromatic heterocycles. The van der Waals surface area contributed by atoms with Crippen molar-refractivity contribution in [3.05, 3.63) is 12.0 Å². The second-order valence-electron chi connectivity index (χ2n) is 8.72. The van der Waals surface area contributed by atoms with Crippen molar-refractivity contribution < 1.29 is 14.0 Å². The molecule has 1 atom stereocenters. The van der Waals surface area contributed by atoms with Crippen LogP contribution in [-0.2, 0) is 9.31 Å². The summed E-state index contributed by atoms with van der Waals surface area (Å²) in [5.41, 5.74) is 1.32. The molecule has 1 aliphatic heterocycles. The van der Waals surface area contributed by atoms with Crippen molar-refractivity contribution >= 4 is 12.6 Å². The van der Waals surface area contributed by atoms with Crippen molar-refractivity contribution in [1.29, 1.82) is 0 Å². The Bertz CT molecular complexity index is 601. The van der Waals surface area contributed by atoms with E-state index in [0.717, 1.165) is 17.6 Å². The number of hydrogen-bond acceptors (Lipinski definition) is 5. The van der Waals surface area contributed by atoms with E-state index in [2.05, 4.69) is 37.7 Å². The Labute approximate surface area is 153 Å². The summed E-state index contributed by atoms with van der Waals surface area (Å²) >= 11 is 0. The van der Waals surface area contributed by atoms with Crippen LogP contribution in [-0.4, -0.2) is 35.4 Å². The van der Waals surface area contributed by atoms with Crippen LogP contribution in [0.4, 0.5) is 0 Å². The van der Waals surface area contributed by atoms with Gasteiger partial charge >= 0.3 is 7.12 Å². The van der Waals surface area contributed by atoms with E-state index < -0.39 is 18.3 Å². The van der Waals surface area contributed by atoms with Gasteiger partial charge in [-0.3, -0.25) is 0 Å². The van der Waals surface area contributed by atoms with Gasteiger partial charge in [-0.25, -0.2) is 9.97 Å². The van der Waals surface area contributed by atoms with Crippen LogP contribution in [0.5, 0.6) is 5.88 Å². The molecule has 5 nitrogen and oxygen atoms in total. The number of nitrogens with zero attached hydrogens (tertiary/aromatic N) is 2. The van der Waals surface area contributed by atoms with Crippen molar-refractivity contribution in [3.63, 3.8) is 0 Å². The largest absolute Gasteiger partial charge is 0.502 e. The Balaban J connectivity index is 0.000000701. The molecule has 1 saturated heterocycles. The van der Waals surface area contributed by atoms with Gasteiger partial charge in [0.15, 0.2) is 0 Å². The van der Waals surface area contributed by atoms with Gasteiger partial charge in [0.05, 0.1) is 29.5 Å². The van der Waals surface area contributed by atoms with Gasteiger partial charge in [0.25, 0.3) is 0 Å². The lowest BCUT2D eigenvalue weighted by atomic mass is 9.76. The molecule has 1 unspecified atom stereocenters. The van der Waals surface area contributed by atoms with Crippen LogP contribution in [0.2, 0.25) is 0 Å². The minimum Gasteiger partial charge on any atom is -0.481 e. The van der Waals surface area contributed by atoms with Crippen LogP contribution in [0.3, 0.4) is 0 Å². The Hall–Kier alpha value is -1.14. The second kappa shape index (κ2) is 6.88. The average molecular weight is 348 g/mol. The molecule has 1 aliphatic carbocycles. The van der Waals surface area contributed by atoms with E-state index in [9.17, 15) is 0 Å². The molecule has 6 heteroatoms. The lowest BCUT2D eigenvalue weighted by Gasteiger charge is -2.32. The molecule has 140 valence electrons. The zero-order valence-electron chi connectivity index (χ0n) is 17.3. The number of hydrogen-bond donors (Lipinski definition) is 0. The Kier molecular flexibility index (Phi) is 5.55. The van der Waals surface area contributed by atoms with E-state index in [1.807, 2.05) is 27.7 Å². The highest BCUT2D eigenvalue weighted by molar-refractivity contribution is 6.63. The molecule has 0 bridgehead atoms. The van der Waals surface area contributed by atoms with Crippen molar-refractivity contribution in [2.24, 2.45) is 5.41 Å². The van der Waals surface area contributed by atoms with Gasteiger partial charge < -0.3 is 14.0 Å². The van der Waals surface area contributed by atoms with E-state index in [0.29, 0.717) is 11.8 Å². The monoisotopic (exact) mass is 348 g/mol. The molecular weight excluding hydrogens is 315 g/mol. The first-order chi connectivity index (χ1) is 11.5. The summed E-state index contributed by atoms with van der Waals surface area (Å²) < 4.78 is 17.9. The normalized spacial score (nSPS) is 25.2. The summed E-state index contributed by atoms with van der Waals surface area (Å²) in [5.74, 6) is 0.949. The first kappa shape index (κ1) is 20.2. The fourth-order valence-electron chi connectivity index (χ4n) is 2.95. The maximum absolute atomic E-state index is 6.20. The van der Waals surface area contributed by atoms with Crippen molar-refractivity contribution in [1.82, 2.24) is 9.97 Å². The molecule has 1 aromatic rings. The second-order valence-corrected chi connectivity index (χ2v) is 8.72. The minimum atomic E-state index is -0.493. The topological polar surface area (TPSA) is 53.5 Å². The number of ether oxygens (including phenoxy) is 1. The summed E-state index contributed by atoms with van der Waals surface area (Å²) in [6, 6.07) is 0. The maximum atomic E-state index is 6.20. The quantitative estimate of drug-likeness (QED) is 0.780. The molecule has 25 heavy (non-hydrogen) atoms. The highest BCUT2D eigenvalue weighted by Crippen LogP contribution is 2.58. The van der Waals surface area contributed by atoms with Gasteiger partial charge in [-0.1, -0.05) is 34.1 Å². The van der Waals surface area contributed by atoms with Crippen LogP contribution in [0.15, 0.2) is 6.33 Å². The number of aromatic nitrogens is 2. The van der Waals surface area contributed by atoms with E-state index in [-0.39, 0.29) is 5.41 Å². The molecule has 2 fully saturated rings. The maximum Gasteiger partial charge on any atom is 0.502 e. The van der Waals surface area contributed by atoms with Crippen LogP contribution in [0.25, 0.3) is 0 Å². The standard InChI is InChI=1S/C16H25BN2O3.C3H8/c1-14(2)8-10(14)12-11(13(20-7)19-9-18-12)17-21-15(3,4)16(5,6)22-17;1-3-2/h9-10H,8H2,1-7H3;3H2,1-2H3. The van der Waals surface area contributed by atoms with Crippen molar-refractivity contribution in [2.45, 2.75) is 85.4 Å². The van der Waals surface area contributed by atoms with Gasteiger partial charge in [-0.15, -0.1) is 0 Å². The van der Waals surface area contributed by atoms with E-state index in [4.69, 9.17) is 14.0 Å².